The van der Waals surface area contributed by atoms with Crippen LogP contribution >= 0.6 is 0 Å². The number of benzene rings is 1. The lowest BCUT2D eigenvalue weighted by atomic mass is 9.67. The lowest BCUT2D eigenvalue weighted by molar-refractivity contribution is -0.118. The highest BCUT2D eigenvalue weighted by Gasteiger charge is 2.58. The highest BCUT2D eigenvalue weighted by Crippen LogP contribution is 2.56. The molecule has 124 valence electrons. The quantitative estimate of drug-likeness (QED) is 0.766. The van der Waals surface area contributed by atoms with Gasteiger partial charge < -0.3 is 20.4 Å². The minimum Gasteiger partial charge on any atom is -0.361 e. The molecule has 0 radical (unpaired) electrons. The molecule has 4 heterocycles. The summed E-state index contributed by atoms with van der Waals surface area (Å²) in [7, 11) is 4.21. The van der Waals surface area contributed by atoms with E-state index >= 15 is 0 Å². The number of nitrogens with zero attached hydrogens (tertiary/aromatic N) is 2. The molecule has 4 aliphatic heterocycles. The molecule has 0 bridgehead atoms. The van der Waals surface area contributed by atoms with E-state index in [9.17, 15) is 4.79 Å². The van der Waals surface area contributed by atoms with Crippen molar-refractivity contribution in [3.63, 3.8) is 0 Å². The third kappa shape index (κ3) is 1.44. The molecule has 5 nitrogen and oxygen atoms in total. The van der Waals surface area contributed by atoms with E-state index in [4.69, 9.17) is 0 Å². The average Bonchev–Trinajstić information content (AvgIpc) is 3.19. The third-order valence-electron chi connectivity index (χ3n) is 6.04. The number of hydrogen-bond donors (Lipinski definition) is 2. The SMILES string of the molecule is Cc1ccc2c(c1)C1(C(=O)N2)C2=C(NC3=C1CCN3C)N(C)CC2. The number of hydrogen-bond acceptors (Lipinski definition) is 4. The Kier molecular flexibility index (Phi) is 2.53. The van der Waals surface area contributed by atoms with Gasteiger partial charge in [-0.3, -0.25) is 4.79 Å². The van der Waals surface area contributed by atoms with Gasteiger partial charge in [0, 0.05) is 32.9 Å². The van der Waals surface area contributed by atoms with Crippen molar-refractivity contribution in [1.82, 2.24) is 15.1 Å². The summed E-state index contributed by atoms with van der Waals surface area (Å²) in [5.74, 6) is 2.36. The van der Waals surface area contributed by atoms with Crippen LogP contribution in [0.4, 0.5) is 5.69 Å². The molecule has 0 aliphatic carbocycles. The van der Waals surface area contributed by atoms with E-state index < -0.39 is 5.41 Å². The van der Waals surface area contributed by atoms with Gasteiger partial charge in [0.25, 0.3) is 0 Å². The van der Waals surface area contributed by atoms with E-state index in [2.05, 4.69) is 59.7 Å². The third-order valence-corrected chi connectivity index (χ3v) is 6.04. The van der Waals surface area contributed by atoms with Gasteiger partial charge in [-0.15, -0.1) is 0 Å². The van der Waals surface area contributed by atoms with Crippen LogP contribution in [0.3, 0.4) is 0 Å². The first-order valence-electron chi connectivity index (χ1n) is 8.62. The Bertz CT molecular complexity index is 817. The number of carbonyl (C=O) groups excluding carboxylic acids is 1. The van der Waals surface area contributed by atoms with E-state index in [0.717, 1.165) is 48.8 Å². The van der Waals surface area contributed by atoms with Gasteiger partial charge in [0.1, 0.15) is 17.1 Å². The van der Waals surface area contributed by atoms with E-state index in [1.54, 1.807) is 0 Å². The number of rotatable bonds is 0. The second-order valence-corrected chi connectivity index (χ2v) is 7.38. The first-order valence-corrected chi connectivity index (χ1v) is 8.62. The van der Waals surface area contributed by atoms with E-state index in [1.165, 1.54) is 16.7 Å². The lowest BCUT2D eigenvalue weighted by Crippen LogP contribution is -2.45. The van der Waals surface area contributed by atoms with Crippen LogP contribution in [0, 0.1) is 6.92 Å². The van der Waals surface area contributed by atoms with Crippen LogP contribution in [-0.4, -0.2) is 42.9 Å². The van der Waals surface area contributed by atoms with Gasteiger partial charge >= 0.3 is 0 Å². The van der Waals surface area contributed by atoms with Crippen LogP contribution < -0.4 is 10.6 Å². The number of carbonyl (C=O) groups is 1. The number of aryl methyl sites for hydroxylation is 1. The highest BCUT2D eigenvalue weighted by atomic mass is 16.2. The van der Waals surface area contributed by atoms with Crippen LogP contribution in [0.1, 0.15) is 24.0 Å². The Morgan fingerprint density at radius 1 is 1.00 bits per heavy atom. The zero-order valence-corrected chi connectivity index (χ0v) is 14.4. The molecule has 0 saturated heterocycles. The number of nitrogens with one attached hydrogen (secondary N) is 2. The summed E-state index contributed by atoms with van der Waals surface area (Å²) in [5, 5.41) is 6.79. The Hall–Kier alpha value is -2.43. The Balaban J connectivity index is 1.85. The monoisotopic (exact) mass is 322 g/mol. The maximum atomic E-state index is 13.4. The zero-order chi connectivity index (χ0) is 16.6. The van der Waals surface area contributed by atoms with Crippen LogP contribution in [0.25, 0.3) is 0 Å². The molecule has 0 aromatic heterocycles. The van der Waals surface area contributed by atoms with Gasteiger partial charge in [-0.1, -0.05) is 17.7 Å². The summed E-state index contributed by atoms with van der Waals surface area (Å²) in [6, 6.07) is 6.33. The Morgan fingerprint density at radius 3 is 2.25 bits per heavy atom. The summed E-state index contributed by atoms with van der Waals surface area (Å²) in [6.45, 7) is 4.01. The number of anilines is 1. The zero-order valence-electron chi connectivity index (χ0n) is 14.4. The van der Waals surface area contributed by atoms with Crippen LogP contribution in [0.15, 0.2) is 41.0 Å². The molecule has 5 heteroatoms. The van der Waals surface area contributed by atoms with Gasteiger partial charge in [-0.25, -0.2) is 0 Å². The molecule has 4 aliphatic rings. The smallest absolute Gasteiger partial charge is 0.243 e. The fraction of sp³-hybridized carbons (Fsp3) is 0.421. The Labute approximate surface area is 142 Å². The summed E-state index contributed by atoms with van der Waals surface area (Å²) >= 11 is 0. The molecule has 5 rings (SSSR count). The highest BCUT2D eigenvalue weighted by molar-refractivity contribution is 6.11. The molecule has 1 aromatic rings. The van der Waals surface area contributed by atoms with Crippen molar-refractivity contribution in [2.75, 3.05) is 32.5 Å². The largest absolute Gasteiger partial charge is 0.361 e. The van der Waals surface area contributed by atoms with Crippen molar-refractivity contribution in [1.29, 1.82) is 0 Å². The predicted molar refractivity (Wildman–Crippen MR) is 93.2 cm³/mol. The lowest BCUT2D eigenvalue weighted by Gasteiger charge is -2.37. The maximum absolute atomic E-state index is 13.4. The topological polar surface area (TPSA) is 47.6 Å². The van der Waals surface area contributed by atoms with E-state index in [-0.39, 0.29) is 5.91 Å². The van der Waals surface area contributed by atoms with Crippen molar-refractivity contribution >= 4 is 11.6 Å². The van der Waals surface area contributed by atoms with Crippen molar-refractivity contribution in [3.05, 3.63) is 52.1 Å². The molecule has 2 N–H and O–H groups in total. The normalized spacial score (nSPS) is 23.5. The van der Waals surface area contributed by atoms with Gasteiger partial charge in [0.15, 0.2) is 0 Å². The van der Waals surface area contributed by atoms with Crippen molar-refractivity contribution in [2.24, 2.45) is 0 Å². The summed E-state index contributed by atoms with van der Waals surface area (Å²) in [6.07, 6.45) is 1.86. The molecule has 0 unspecified atom stereocenters. The number of dihydropyridines is 1. The van der Waals surface area contributed by atoms with Crippen molar-refractivity contribution in [2.45, 2.75) is 25.2 Å². The number of amides is 1. The summed E-state index contributed by atoms with van der Waals surface area (Å²) in [4.78, 5) is 17.9. The first kappa shape index (κ1) is 14.0. The first-order chi connectivity index (χ1) is 11.5. The standard InChI is InChI=1S/C19H22N4O/c1-11-4-5-15-14(10-11)19(18(24)20-15)12-6-8-22(2)16(12)21-17-13(19)7-9-23(17)3/h4-5,10,21H,6-9H2,1-3H3,(H,20,24). The predicted octanol–water partition coefficient (Wildman–Crippen LogP) is 1.88. The second-order valence-electron chi connectivity index (χ2n) is 7.38. The van der Waals surface area contributed by atoms with Gasteiger partial charge in [-0.2, -0.15) is 0 Å². The van der Waals surface area contributed by atoms with Crippen molar-refractivity contribution < 1.29 is 4.79 Å². The molecule has 1 spiro atoms. The van der Waals surface area contributed by atoms with Gasteiger partial charge in [0.2, 0.25) is 5.91 Å². The number of fused-ring (bicyclic) bond motifs is 4. The van der Waals surface area contributed by atoms with E-state index in [0.29, 0.717) is 0 Å². The molecule has 1 amide bonds. The van der Waals surface area contributed by atoms with Crippen molar-refractivity contribution in [3.8, 4) is 0 Å². The molecule has 0 fully saturated rings. The van der Waals surface area contributed by atoms with Gasteiger partial charge in [-0.05, 0) is 42.5 Å². The summed E-state index contributed by atoms with van der Waals surface area (Å²) in [5.41, 5.74) is 5.16. The molecule has 1 aromatic carbocycles. The molecule has 0 saturated carbocycles. The molecular weight excluding hydrogens is 300 g/mol. The molecular formula is C19H22N4O. The van der Waals surface area contributed by atoms with Crippen LogP contribution in [0.2, 0.25) is 0 Å². The average molecular weight is 322 g/mol. The minimum atomic E-state index is -0.618. The summed E-state index contributed by atoms with van der Waals surface area (Å²) < 4.78 is 0. The fourth-order valence-corrected chi connectivity index (χ4v) is 4.86. The molecule has 0 atom stereocenters. The second kappa shape index (κ2) is 4.35. The Morgan fingerprint density at radius 2 is 1.62 bits per heavy atom. The van der Waals surface area contributed by atoms with Crippen LogP contribution in [0.5, 0.6) is 0 Å². The fourth-order valence-electron chi connectivity index (χ4n) is 4.86. The van der Waals surface area contributed by atoms with Gasteiger partial charge in [0.05, 0.1) is 0 Å². The molecule has 24 heavy (non-hydrogen) atoms. The van der Waals surface area contributed by atoms with Crippen LogP contribution in [-0.2, 0) is 10.2 Å². The minimum absolute atomic E-state index is 0.121. The van der Waals surface area contributed by atoms with E-state index in [1.807, 2.05) is 0 Å². The maximum Gasteiger partial charge on any atom is 0.243 e.